The highest BCUT2D eigenvalue weighted by Gasteiger charge is 2.37. The minimum atomic E-state index is -0.374. The Morgan fingerprint density at radius 3 is 2.07 bits per heavy atom. The van der Waals surface area contributed by atoms with Crippen molar-refractivity contribution in [3.05, 3.63) is 94.0 Å². The fraction of sp³-hybridized carbons (Fsp3) is 0.125. The summed E-state index contributed by atoms with van der Waals surface area (Å²) in [6, 6.07) is 17.6. The number of hydrogen-bond donors (Lipinski definition) is 1. The number of carbonyl (C=O) groups excluding carboxylic acids is 3. The molecule has 1 heterocycles. The molecule has 1 aliphatic heterocycles. The SMILES string of the molecule is Cc1ccc(NC(=O)c2ccc(C)c(N3C(=O)c4ccccc4C3=O)c2)c(C)c1. The van der Waals surface area contributed by atoms with Crippen LogP contribution in [0.3, 0.4) is 0 Å². The van der Waals surface area contributed by atoms with E-state index in [0.717, 1.165) is 27.3 Å². The van der Waals surface area contributed by atoms with Gasteiger partial charge in [0.2, 0.25) is 0 Å². The molecule has 5 nitrogen and oxygen atoms in total. The molecule has 1 N–H and O–H groups in total. The molecular formula is C24H20N2O3. The number of benzene rings is 3. The molecule has 0 atom stereocenters. The van der Waals surface area contributed by atoms with Crippen molar-refractivity contribution in [3.63, 3.8) is 0 Å². The van der Waals surface area contributed by atoms with Crippen LogP contribution in [0.2, 0.25) is 0 Å². The molecule has 4 rings (SSSR count). The number of carbonyl (C=O) groups is 3. The smallest absolute Gasteiger partial charge is 0.266 e. The van der Waals surface area contributed by atoms with Gasteiger partial charge in [-0.15, -0.1) is 0 Å². The number of imide groups is 1. The van der Waals surface area contributed by atoms with Crippen LogP contribution in [0.4, 0.5) is 11.4 Å². The van der Waals surface area contributed by atoms with Crippen LogP contribution < -0.4 is 10.2 Å². The maximum atomic E-state index is 12.8. The van der Waals surface area contributed by atoms with Crippen molar-refractivity contribution in [2.45, 2.75) is 20.8 Å². The second-order valence-corrected chi connectivity index (χ2v) is 7.27. The Hall–Kier alpha value is -3.73. The zero-order valence-electron chi connectivity index (χ0n) is 16.4. The Morgan fingerprint density at radius 2 is 1.45 bits per heavy atom. The molecule has 5 heteroatoms. The molecule has 0 fully saturated rings. The molecule has 3 amide bonds. The van der Waals surface area contributed by atoms with E-state index in [1.165, 1.54) is 0 Å². The molecule has 3 aromatic rings. The van der Waals surface area contributed by atoms with E-state index in [1.807, 2.05) is 39.0 Å². The Morgan fingerprint density at radius 1 is 0.793 bits per heavy atom. The molecule has 0 bridgehead atoms. The predicted molar refractivity (Wildman–Crippen MR) is 113 cm³/mol. The molecule has 29 heavy (non-hydrogen) atoms. The van der Waals surface area contributed by atoms with E-state index in [0.29, 0.717) is 22.4 Å². The van der Waals surface area contributed by atoms with Crippen molar-refractivity contribution in [1.82, 2.24) is 0 Å². The summed E-state index contributed by atoms with van der Waals surface area (Å²) in [6.45, 7) is 5.74. The van der Waals surface area contributed by atoms with Gasteiger partial charge in [-0.2, -0.15) is 0 Å². The molecular weight excluding hydrogens is 364 g/mol. The van der Waals surface area contributed by atoms with Gasteiger partial charge in [0, 0.05) is 11.3 Å². The van der Waals surface area contributed by atoms with Crippen LogP contribution >= 0.6 is 0 Å². The Bertz CT molecular complexity index is 1150. The third kappa shape index (κ3) is 3.21. The minimum absolute atomic E-state index is 0.296. The number of amides is 3. The van der Waals surface area contributed by atoms with Crippen LogP contribution in [-0.4, -0.2) is 17.7 Å². The van der Waals surface area contributed by atoms with Gasteiger partial charge < -0.3 is 5.32 Å². The zero-order chi connectivity index (χ0) is 20.7. The van der Waals surface area contributed by atoms with Gasteiger partial charge in [-0.1, -0.05) is 35.9 Å². The van der Waals surface area contributed by atoms with Crippen LogP contribution in [0.25, 0.3) is 0 Å². The second kappa shape index (κ2) is 7.02. The highest BCUT2D eigenvalue weighted by Crippen LogP contribution is 2.31. The first-order valence-corrected chi connectivity index (χ1v) is 9.34. The summed E-state index contributed by atoms with van der Waals surface area (Å²) in [5, 5.41) is 2.90. The highest BCUT2D eigenvalue weighted by atomic mass is 16.2. The number of nitrogens with one attached hydrogen (secondary N) is 1. The van der Waals surface area contributed by atoms with Crippen molar-refractivity contribution in [3.8, 4) is 0 Å². The van der Waals surface area contributed by atoms with Gasteiger partial charge in [0.1, 0.15) is 0 Å². The van der Waals surface area contributed by atoms with Gasteiger partial charge in [-0.25, -0.2) is 4.90 Å². The zero-order valence-corrected chi connectivity index (χ0v) is 16.4. The molecule has 0 saturated carbocycles. The molecule has 3 aromatic carbocycles. The van der Waals surface area contributed by atoms with Crippen LogP contribution in [0, 0.1) is 20.8 Å². The van der Waals surface area contributed by atoms with E-state index in [2.05, 4.69) is 5.32 Å². The van der Waals surface area contributed by atoms with Crippen LogP contribution in [0.15, 0.2) is 60.7 Å². The topological polar surface area (TPSA) is 66.5 Å². The largest absolute Gasteiger partial charge is 0.322 e. The van der Waals surface area contributed by atoms with Crippen molar-refractivity contribution in [2.24, 2.45) is 0 Å². The van der Waals surface area contributed by atoms with Gasteiger partial charge in [-0.3, -0.25) is 14.4 Å². The molecule has 0 unspecified atom stereocenters. The lowest BCUT2D eigenvalue weighted by Gasteiger charge is -2.18. The van der Waals surface area contributed by atoms with Crippen molar-refractivity contribution >= 4 is 29.1 Å². The number of fused-ring (bicyclic) bond motifs is 1. The van der Waals surface area contributed by atoms with E-state index in [1.54, 1.807) is 42.5 Å². The van der Waals surface area contributed by atoms with Crippen molar-refractivity contribution in [2.75, 3.05) is 10.2 Å². The summed E-state index contributed by atoms with van der Waals surface area (Å²) in [4.78, 5) is 39.6. The minimum Gasteiger partial charge on any atom is -0.322 e. The van der Waals surface area contributed by atoms with Gasteiger partial charge >= 0.3 is 0 Å². The fourth-order valence-corrected chi connectivity index (χ4v) is 3.55. The fourth-order valence-electron chi connectivity index (χ4n) is 3.55. The molecule has 0 aromatic heterocycles. The van der Waals surface area contributed by atoms with E-state index < -0.39 is 0 Å². The van der Waals surface area contributed by atoms with Crippen LogP contribution in [0.1, 0.15) is 47.8 Å². The standard InChI is InChI=1S/C24H20N2O3/c1-14-8-11-20(16(3)12-14)25-22(27)17-10-9-15(2)21(13-17)26-23(28)18-6-4-5-7-19(18)24(26)29/h4-13H,1-3H3,(H,25,27). The van der Waals surface area contributed by atoms with Crippen molar-refractivity contribution in [1.29, 1.82) is 0 Å². The average molecular weight is 384 g/mol. The van der Waals surface area contributed by atoms with E-state index in [9.17, 15) is 14.4 Å². The Balaban J connectivity index is 1.67. The number of rotatable bonds is 3. The molecule has 0 radical (unpaired) electrons. The van der Waals surface area contributed by atoms with Crippen molar-refractivity contribution < 1.29 is 14.4 Å². The maximum absolute atomic E-state index is 12.8. The summed E-state index contributed by atoms with van der Waals surface area (Å²) in [6.07, 6.45) is 0. The van der Waals surface area contributed by atoms with Crippen LogP contribution in [0.5, 0.6) is 0 Å². The van der Waals surface area contributed by atoms with E-state index >= 15 is 0 Å². The average Bonchev–Trinajstić information content (AvgIpc) is 2.95. The monoisotopic (exact) mass is 384 g/mol. The van der Waals surface area contributed by atoms with E-state index in [4.69, 9.17) is 0 Å². The molecule has 1 aliphatic rings. The number of nitrogens with zero attached hydrogens (tertiary/aromatic N) is 1. The third-order valence-corrected chi connectivity index (χ3v) is 5.14. The van der Waals surface area contributed by atoms with Gasteiger partial charge in [0.15, 0.2) is 0 Å². The highest BCUT2D eigenvalue weighted by molar-refractivity contribution is 6.34. The first kappa shape index (κ1) is 18.6. The maximum Gasteiger partial charge on any atom is 0.266 e. The number of aryl methyl sites for hydroxylation is 3. The quantitative estimate of drug-likeness (QED) is 0.668. The lowest BCUT2D eigenvalue weighted by molar-refractivity contribution is 0.0923. The van der Waals surface area contributed by atoms with Gasteiger partial charge in [0.25, 0.3) is 17.7 Å². The normalized spacial score (nSPS) is 12.9. The summed E-state index contributed by atoms with van der Waals surface area (Å²) in [7, 11) is 0. The molecule has 0 aliphatic carbocycles. The molecule has 144 valence electrons. The van der Waals surface area contributed by atoms with Gasteiger partial charge in [0.05, 0.1) is 16.8 Å². The van der Waals surface area contributed by atoms with Gasteiger partial charge in [-0.05, 0) is 62.2 Å². The first-order valence-electron chi connectivity index (χ1n) is 9.34. The summed E-state index contributed by atoms with van der Waals surface area (Å²) < 4.78 is 0. The Kier molecular flexibility index (Phi) is 4.51. The lowest BCUT2D eigenvalue weighted by atomic mass is 10.1. The number of hydrogen-bond acceptors (Lipinski definition) is 3. The van der Waals surface area contributed by atoms with Crippen LogP contribution in [-0.2, 0) is 0 Å². The summed E-state index contributed by atoms with van der Waals surface area (Å²) in [5.74, 6) is -1.05. The lowest BCUT2D eigenvalue weighted by Crippen LogP contribution is -2.30. The predicted octanol–water partition coefficient (Wildman–Crippen LogP) is 4.66. The Labute approximate surface area is 169 Å². The second-order valence-electron chi connectivity index (χ2n) is 7.27. The molecule has 0 spiro atoms. The first-order chi connectivity index (χ1) is 13.9. The summed E-state index contributed by atoms with van der Waals surface area (Å²) >= 11 is 0. The third-order valence-electron chi connectivity index (χ3n) is 5.14. The number of anilines is 2. The molecule has 0 saturated heterocycles. The van der Waals surface area contributed by atoms with E-state index in [-0.39, 0.29) is 17.7 Å². The summed E-state index contributed by atoms with van der Waals surface area (Å²) in [5.41, 5.74) is 5.09.